The lowest BCUT2D eigenvalue weighted by Crippen LogP contribution is -2.11. The normalized spacial score (nSPS) is 10.8. The van der Waals surface area contributed by atoms with Gasteiger partial charge in [-0.2, -0.15) is 0 Å². The van der Waals surface area contributed by atoms with Crippen LogP contribution in [-0.2, 0) is 10.0 Å². The van der Waals surface area contributed by atoms with Gasteiger partial charge in [0, 0.05) is 17.5 Å². The number of aromatic amines is 1. The lowest BCUT2D eigenvalue weighted by molar-refractivity contribution is 0.0695. The maximum Gasteiger partial charge on any atom is 0.336 e. The summed E-state index contributed by atoms with van der Waals surface area (Å²) < 4.78 is 27.1. The molecule has 0 radical (unpaired) electrons. The summed E-state index contributed by atoms with van der Waals surface area (Å²) in [5, 5.41) is 23.7. The standard InChI is InChI=1S/C16H14O5.C10H10N2O2S/c1-9-3-8-12(15(17)18)14(13(9)16(19)20)10-4-6-11(21-2)7-5-10;11-15(13,14)9-5-3-8(4-6-9)10-2-1-7-12-10/h3-8H,1-2H3,(H,17,18)(H,19,20);1-7,12H,(H2,11,13,14). The van der Waals surface area contributed by atoms with Gasteiger partial charge < -0.3 is 19.9 Å². The number of benzene rings is 3. The summed E-state index contributed by atoms with van der Waals surface area (Å²) >= 11 is 0. The zero-order valence-corrected chi connectivity index (χ0v) is 20.2. The van der Waals surface area contributed by atoms with Gasteiger partial charge in [-0.3, -0.25) is 0 Å². The van der Waals surface area contributed by atoms with Crippen molar-refractivity contribution >= 4 is 22.0 Å². The number of carboxylic acids is 2. The van der Waals surface area contributed by atoms with E-state index in [4.69, 9.17) is 9.88 Å². The zero-order chi connectivity index (χ0) is 26.5. The molecule has 3 aromatic carbocycles. The van der Waals surface area contributed by atoms with Crippen molar-refractivity contribution in [1.29, 1.82) is 0 Å². The molecule has 4 aromatic rings. The Kier molecular flexibility index (Phi) is 7.93. The van der Waals surface area contributed by atoms with Crippen LogP contribution in [0.2, 0.25) is 0 Å². The second kappa shape index (κ2) is 10.9. The average Bonchev–Trinajstić information content (AvgIpc) is 3.38. The lowest BCUT2D eigenvalue weighted by Gasteiger charge is -2.13. The molecule has 0 unspecified atom stereocenters. The maximum absolute atomic E-state index is 11.5. The molecule has 9 nitrogen and oxygen atoms in total. The molecule has 1 heterocycles. The Morgan fingerprint density at radius 2 is 1.47 bits per heavy atom. The van der Waals surface area contributed by atoms with E-state index in [0.29, 0.717) is 16.9 Å². The molecular weight excluding hydrogens is 484 g/mol. The van der Waals surface area contributed by atoms with E-state index in [1.165, 1.54) is 31.4 Å². The van der Waals surface area contributed by atoms with E-state index in [1.54, 1.807) is 43.3 Å². The number of carbonyl (C=O) groups is 2. The molecule has 0 aliphatic heterocycles. The molecule has 0 aliphatic carbocycles. The van der Waals surface area contributed by atoms with Crippen molar-refractivity contribution in [3.63, 3.8) is 0 Å². The number of aryl methyl sites for hydroxylation is 1. The van der Waals surface area contributed by atoms with Crippen LogP contribution in [0.1, 0.15) is 26.3 Å². The number of nitrogens with one attached hydrogen (secondary N) is 1. The highest BCUT2D eigenvalue weighted by Gasteiger charge is 2.22. The van der Waals surface area contributed by atoms with Crippen molar-refractivity contribution in [1.82, 2.24) is 4.98 Å². The lowest BCUT2D eigenvalue weighted by atomic mass is 9.91. The molecule has 0 amide bonds. The first-order valence-corrected chi connectivity index (χ1v) is 12.1. The number of ether oxygens (including phenoxy) is 1. The number of primary sulfonamides is 1. The summed E-state index contributed by atoms with van der Waals surface area (Å²) in [5.74, 6) is -1.70. The topological polar surface area (TPSA) is 160 Å². The zero-order valence-electron chi connectivity index (χ0n) is 19.4. The number of methoxy groups -OCH3 is 1. The van der Waals surface area contributed by atoms with Gasteiger partial charge in [0.05, 0.1) is 23.1 Å². The van der Waals surface area contributed by atoms with Gasteiger partial charge in [0.1, 0.15) is 5.75 Å². The highest BCUT2D eigenvalue weighted by molar-refractivity contribution is 7.89. The van der Waals surface area contributed by atoms with Gasteiger partial charge in [-0.05, 0) is 66.1 Å². The second-order valence-electron chi connectivity index (χ2n) is 7.67. The number of carboxylic acid groups (broad SMARTS) is 2. The molecule has 0 fully saturated rings. The third kappa shape index (κ3) is 5.98. The Morgan fingerprint density at radius 1 is 0.861 bits per heavy atom. The van der Waals surface area contributed by atoms with Crippen LogP contribution in [0.3, 0.4) is 0 Å². The highest BCUT2D eigenvalue weighted by atomic mass is 32.2. The van der Waals surface area contributed by atoms with Gasteiger partial charge in [0.25, 0.3) is 0 Å². The van der Waals surface area contributed by atoms with Crippen molar-refractivity contribution in [3.05, 3.63) is 95.7 Å². The molecule has 186 valence electrons. The van der Waals surface area contributed by atoms with E-state index in [9.17, 15) is 28.2 Å². The number of nitrogens with two attached hydrogens (primary N) is 1. The predicted molar refractivity (Wildman–Crippen MR) is 135 cm³/mol. The van der Waals surface area contributed by atoms with Crippen molar-refractivity contribution < 1.29 is 33.0 Å². The van der Waals surface area contributed by atoms with Crippen LogP contribution in [0.5, 0.6) is 5.75 Å². The van der Waals surface area contributed by atoms with Crippen LogP contribution in [0, 0.1) is 6.92 Å². The van der Waals surface area contributed by atoms with Crippen LogP contribution in [0.4, 0.5) is 0 Å². The number of H-pyrrole nitrogens is 1. The fourth-order valence-corrected chi connectivity index (χ4v) is 4.07. The first-order chi connectivity index (χ1) is 17.0. The predicted octanol–water partition coefficient (Wildman–Crippen LogP) is 4.40. The van der Waals surface area contributed by atoms with Crippen LogP contribution >= 0.6 is 0 Å². The molecular formula is C26H24N2O7S. The van der Waals surface area contributed by atoms with Gasteiger partial charge in [-0.25, -0.2) is 23.1 Å². The Morgan fingerprint density at radius 3 is 1.94 bits per heavy atom. The number of aromatic nitrogens is 1. The number of sulfonamides is 1. The molecule has 0 saturated heterocycles. The fourth-order valence-electron chi connectivity index (χ4n) is 3.55. The Hall–Kier alpha value is -4.41. The van der Waals surface area contributed by atoms with E-state index >= 15 is 0 Å². The molecule has 4 rings (SSSR count). The van der Waals surface area contributed by atoms with Gasteiger partial charge >= 0.3 is 11.9 Å². The van der Waals surface area contributed by atoms with Gasteiger partial charge in [-0.1, -0.05) is 30.3 Å². The molecule has 1 aromatic heterocycles. The molecule has 0 saturated carbocycles. The van der Waals surface area contributed by atoms with Crippen LogP contribution in [0.15, 0.2) is 83.9 Å². The van der Waals surface area contributed by atoms with Crippen molar-refractivity contribution in [3.8, 4) is 28.1 Å². The van der Waals surface area contributed by atoms with Crippen molar-refractivity contribution in [2.75, 3.05) is 7.11 Å². The largest absolute Gasteiger partial charge is 0.497 e. The first kappa shape index (κ1) is 26.2. The number of hydrogen-bond donors (Lipinski definition) is 4. The van der Waals surface area contributed by atoms with Crippen LogP contribution in [0.25, 0.3) is 22.4 Å². The molecule has 0 spiro atoms. The summed E-state index contributed by atoms with van der Waals surface area (Å²) in [5.41, 5.74) is 3.07. The first-order valence-electron chi connectivity index (χ1n) is 10.5. The van der Waals surface area contributed by atoms with E-state index in [2.05, 4.69) is 4.98 Å². The number of hydrogen-bond acceptors (Lipinski definition) is 5. The van der Waals surface area contributed by atoms with E-state index in [-0.39, 0.29) is 21.6 Å². The van der Waals surface area contributed by atoms with Crippen molar-refractivity contribution in [2.45, 2.75) is 11.8 Å². The molecule has 36 heavy (non-hydrogen) atoms. The Balaban J connectivity index is 0.000000212. The Labute approximate surface area is 207 Å². The quantitative estimate of drug-likeness (QED) is 0.300. The highest BCUT2D eigenvalue weighted by Crippen LogP contribution is 2.31. The minimum absolute atomic E-state index is 0.0000619. The second-order valence-corrected chi connectivity index (χ2v) is 9.23. The summed E-state index contributed by atoms with van der Waals surface area (Å²) in [6.45, 7) is 1.64. The summed E-state index contributed by atoms with van der Waals surface area (Å²) in [4.78, 5) is 26.0. The van der Waals surface area contributed by atoms with Gasteiger partial charge in [0.2, 0.25) is 10.0 Å². The summed E-state index contributed by atoms with van der Waals surface area (Å²) in [6, 6.07) is 19.7. The smallest absolute Gasteiger partial charge is 0.336 e. The average molecular weight is 509 g/mol. The minimum Gasteiger partial charge on any atom is -0.497 e. The van der Waals surface area contributed by atoms with Gasteiger partial charge in [-0.15, -0.1) is 0 Å². The molecule has 5 N–H and O–H groups in total. The SMILES string of the molecule is COc1ccc(-c2c(C(=O)O)ccc(C)c2C(=O)O)cc1.NS(=O)(=O)c1ccc(-c2ccc[nH]2)cc1. The van der Waals surface area contributed by atoms with Crippen LogP contribution < -0.4 is 9.88 Å². The third-order valence-electron chi connectivity index (χ3n) is 5.33. The number of aromatic carboxylic acids is 2. The van der Waals surface area contributed by atoms with Gasteiger partial charge in [0.15, 0.2) is 0 Å². The summed E-state index contributed by atoms with van der Waals surface area (Å²) in [7, 11) is -2.08. The summed E-state index contributed by atoms with van der Waals surface area (Å²) in [6.07, 6.45) is 1.81. The van der Waals surface area contributed by atoms with E-state index in [0.717, 1.165) is 11.3 Å². The third-order valence-corrected chi connectivity index (χ3v) is 6.26. The molecule has 0 atom stereocenters. The fraction of sp³-hybridized carbons (Fsp3) is 0.0769. The number of rotatable bonds is 6. The monoisotopic (exact) mass is 508 g/mol. The van der Waals surface area contributed by atoms with Crippen LogP contribution in [-0.4, -0.2) is 42.7 Å². The van der Waals surface area contributed by atoms with E-state index < -0.39 is 22.0 Å². The molecule has 0 aliphatic rings. The maximum atomic E-state index is 11.5. The van der Waals surface area contributed by atoms with E-state index in [1.807, 2.05) is 18.3 Å². The van der Waals surface area contributed by atoms with Crippen molar-refractivity contribution in [2.24, 2.45) is 5.14 Å². The Bertz CT molecular complexity index is 1480. The molecule has 0 bridgehead atoms. The minimum atomic E-state index is -3.60. The molecule has 10 heteroatoms.